The number of carbonyl (C=O) groups is 1. The molecule has 1 heterocycles. The van der Waals surface area contributed by atoms with Gasteiger partial charge in [0.2, 0.25) is 0 Å². The lowest BCUT2D eigenvalue weighted by molar-refractivity contribution is 0.218. The van der Waals surface area contributed by atoms with Gasteiger partial charge in [0.15, 0.2) is 9.84 Å². The fourth-order valence-electron chi connectivity index (χ4n) is 2.73. The maximum atomic E-state index is 12.6. The Kier molecular flexibility index (Phi) is 4.87. The van der Waals surface area contributed by atoms with E-state index >= 15 is 0 Å². The van der Waals surface area contributed by atoms with Gasteiger partial charge in [-0.15, -0.1) is 0 Å². The minimum Gasteiger partial charge on any atom is -0.323 e. The van der Waals surface area contributed by atoms with Crippen molar-refractivity contribution in [3.63, 3.8) is 0 Å². The molecule has 1 aliphatic rings. The zero-order chi connectivity index (χ0) is 19.8. The van der Waals surface area contributed by atoms with Gasteiger partial charge < -0.3 is 10.2 Å². The van der Waals surface area contributed by atoms with Gasteiger partial charge in [-0.25, -0.2) is 21.6 Å². The van der Waals surface area contributed by atoms with E-state index in [1.54, 1.807) is 25.2 Å². The predicted molar refractivity (Wildman–Crippen MR) is 103 cm³/mol. The highest BCUT2D eigenvalue weighted by Gasteiger charge is 2.21. The van der Waals surface area contributed by atoms with Crippen molar-refractivity contribution < 1.29 is 21.6 Å². The molecule has 2 aromatic rings. The molecule has 144 valence electrons. The van der Waals surface area contributed by atoms with Crippen LogP contribution in [0.5, 0.6) is 0 Å². The third-order valence-corrected chi connectivity index (χ3v) is 6.27. The van der Waals surface area contributed by atoms with Crippen molar-refractivity contribution in [1.82, 2.24) is 4.90 Å². The molecule has 8 nitrogen and oxygen atoms in total. The minimum atomic E-state index is -3.83. The number of fused-ring (bicyclic) bond motifs is 1. The monoisotopic (exact) mass is 409 g/mol. The highest BCUT2D eigenvalue weighted by Crippen LogP contribution is 2.27. The zero-order valence-corrected chi connectivity index (χ0v) is 16.4. The Bertz CT molecular complexity index is 1090. The molecule has 0 spiro atoms. The van der Waals surface area contributed by atoms with Crippen LogP contribution in [-0.2, 0) is 32.2 Å². The van der Waals surface area contributed by atoms with Gasteiger partial charge in [-0.3, -0.25) is 4.72 Å². The third kappa shape index (κ3) is 4.58. The quantitative estimate of drug-likeness (QED) is 0.784. The number of sulfonamides is 1. The topological polar surface area (TPSA) is 113 Å². The van der Waals surface area contributed by atoms with Crippen LogP contribution in [0.1, 0.15) is 11.1 Å². The number of hydrogen-bond donors (Lipinski definition) is 2. The SMILES string of the molecule is CN1Cc2cc(NS(=O)(=O)c3ccc(CS(C)(=O)=O)cc3)ccc2NC1=O. The maximum absolute atomic E-state index is 12.6. The molecule has 0 aliphatic carbocycles. The summed E-state index contributed by atoms with van der Waals surface area (Å²) in [6.45, 7) is 0.372. The summed E-state index contributed by atoms with van der Waals surface area (Å²) < 4.78 is 50.3. The van der Waals surface area contributed by atoms with E-state index in [9.17, 15) is 21.6 Å². The van der Waals surface area contributed by atoms with E-state index in [1.165, 1.54) is 29.2 Å². The van der Waals surface area contributed by atoms with Crippen molar-refractivity contribution in [2.75, 3.05) is 23.3 Å². The largest absolute Gasteiger partial charge is 0.323 e. The molecule has 2 N–H and O–H groups in total. The first-order valence-corrected chi connectivity index (χ1v) is 11.5. The van der Waals surface area contributed by atoms with Gasteiger partial charge in [0.1, 0.15) is 0 Å². The fraction of sp³-hybridized carbons (Fsp3) is 0.235. The molecule has 0 unspecified atom stereocenters. The number of nitrogens with one attached hydrogen (secondary N) is 2. The highest BCUT2D eigenvalue weighted by molar-refractivity contribution is 7.92. The Morgan fingerprint density at radius 3 is 2.37 bits per heavy atom. The van der Waals surface area contributed by atoms with E-state index in [4.69, 9.17) is 0 Å². The average molecular weight is 409 g/mol. The van der Waals surface area contributed by atoms with E-state index in [0.29, 0.717) is 23.5 Å². The van der Waals surface area contributed by atoms with Crippen LogP contribution >= 0.6 is 0 Å². The summed E-state index contributed by atoms with van der Waals surface area (Å²) in [7, 11) is -5.37. The smallest absolute Gasteiger partial charge is 0.321 e. The number of amides is 2. The molecule has 0 fully saturated rings. The summed E-state index contributed by atoms with van der Waals surface area (Å²) in [5.41, 5.74) is 2.33. The third-order valence-electron chi connectivity index (χ3n) is 4.02. The zero-order valence-electron chi connectivity index (χ0n) is 14.8. The first-order valence-electron chi connectivity index (χ1n) is 7.98. The van der Waals surface area contributed by atoms with Crippen LogP contribution in [0, 0.1) is 0 Å². The molecule has 27 heavy (non-hydrogen) atoms. The van der Waals surface area contributed by atoms with Gasteiger partial charge in [-0.2, -0.15) is 0 Å². The number of sulfone groups is 1. The van der Waals surface area contributed by atoms with E-state index in [-0.39, 0.29) is 16.7 Å². The molecular formula is C17H19N3O5S2. The van der Waals surface area contributed by atoms with Gasteiger partial charge in [0.25, 0.3) is 10.0 Å². The van der Waals surface area contributed by atoms with Gasteiger partial charge in [0, 0.05) is 31.2 Å². The van der Waals surface area contributed by atoms with Crippen molar-refractivity contribution in [1.29, 1.82) is 0 Å². The van der Waals surface area contributed by atoms with Gasteiger partial charge >= 0.3 is 6.03 Å². The standard InChI is InChI=1S/C17H19N3O5S2/c1-20-10-13-9-14(5-8-16(13)18-17(20)21)19-27(24,25)15-6-3-12(4-7-15)11-26(2,22)23/h3-9,19H,10-11H2,1-2H3,(H,18,21). The lowest BCUT2D eigenvalue weighted by Crippen LogP contribution is -2.35. The first kappa shape index (κ1) is 19.2. The molecule has 1 aliphatic heterocycles. The van der Waals surface area contributed by atoms with Gasteiger partial charge in [-0.1, -0.05) is 12.1 Å². The van der Waals surface area contributed by atoms with Crippen molar-refractivity contribution in [2.24, 2.45) is 0 Å². The summed E-state index contributed by atoms with van der Waals surface area (Å²) in [5, 5.41) is 2.72. The minimum absolute atomic E-state index is 0.0305. The van der Waals surface area contributed by atoms with E-state index in [0.717, 1.165) is 11.8 Å². The van der Waals surface area contributed by atoms with Crippen LogP contribution in [0.25, 0.3) is 0 Å². The van der Waals surface area contributed by atoms with Crippen molar-refractivity contribution in [3.05, 3.63) is 53.6 Å². The number of anilines is 2. The summed E-state index contributed by atoms with van der Waals surface area (Å²) in [5.74, 6) is -0.148. The fourth-order valence-corrected chi connectivity index (χ4v) is 4.58. The Hall–Kier alpha value is -2.59. The normalized spacial score (nSPS) is 14.4. The number of rotatable bonds is 5. The molecule has 0 saturated carbocycles. The molecule has 3 rings (SSSR count). The average Bonchev–Trinajstić information content (AvgIpc) is 2.55. The number of hydrogen-bond acceptors (Lipinski definition) is 5. The Balaban J connectivity index is 1.81. The van der Waals surface area contributed by atoms with Gasteiger partial charge in [-0.05, 0) is 41.5 Å². The summed E-state index contributed by atoms with van der Waals surface area (Å²) >= 11 is 0. The predicted octanol–water partition coefficient (Wildman–Crippen LogP) is 2.01. The summed E-state index contributed by atoms with van der Waals surface area (Å²) in [4.78, 5) is 13.2. The Morgan fingerprint density at radius 1 is 1.07 bits per heavy atom. The molecule has 2 aromatic carbocycles. The second kappa shape index (κ2) is 6.86. The summed E-state index contributed by atoms with van der Waals surface area (Å²) in [6, 6.07) is 10.4. The van der Waals surface area contributed by atoms with Crippen molar-refractivity contribution in [3.8, 4) is 0 Å². The van der Waals surface area contributed by atoms with Crippen molar-refractivity contribution >= 4 is 37.3 Å². The Labute approximate surface area is 158 Å². The second-order valence-electron chi connectivity index (χ2n) is 6.48. The number of urea groups is 1. The highest BCUT2D eigenvalue weighted by atomic mass is 32.2. The second-order valence-corrected chi connectivity index (χ2v) is 10.3. The van der Waals surface area contributed by atoms with Crippen LogP contribution in [0.2, 0.25) is 0 Å². The molecule has 0 aromatic heterocycles. The molecule has 0 radical (unpaired) electrons. The Morgan fingerprint density at radius 2 is 1.74 bits per heavy atom. The van der Waals surface area contributed by atoms with Crippen LogP contribution in [0.4, 0.5) is 16.2 Å². The number of benzene rings is 2. The number of nitrogens with zero attached hydrogens (tertiary/aromatic N) is 1. The van der Waals surface area contributed by atoms with Crippen LogP contribution in [0.15, 0.2) is 47.4 Å². The first-order chi connectivity index (χ1) is 12.5. The molecule has 0 atom stereocenters. The lowest BCUT2D eigenvalue weighted by Gasteiger charge is -2.26. The molecule has 10 heteroatoms. The van der Waals surface area contributed by atoms with E-state index < -0.39 is 19.9 Å². The molecule has 2 amide bonds. The summed E-state index contributed by atoms with van der Waals surface area (Å²) in [6.07, 6.45) is 1.12. The van der Waals surface area contributed by atoms with E-state index in [2.05, 4.69) is 10.0 Å². The number of carbonyl (C=O) groups excluding carboxylic acids is 1. The van der Waals surface area contributed by atoms with Crippen molar-refractivity contribution in [2.45, 2.75) is 17.2 Å². The molecule has 0 saturated heterocycles. The van der Waals surface area contributed by atoms with Gasteiger partial charge in [0.05, 0.1) is 10.6 Å². The molecular weight excluding hydrogens is 390 g/mol. The van der Waals surface area contributed by atoms with Crippen LogP contribution in [-0.4, -0.2) is 41.1 Å². The maximum Gasteiger partial charge on any atom is 0.321 e. The van der Waals surface area contributed by atoms with E-state index in [1.807, 2.05) is 0 Å². The van der Waals surface area contributed by atoms with Crippen LogP contribution in [0.3, 0.4) is 0 Å². The van der Waals surface area contributed by atoms with Crippen LogP contribution < -0.4 is 10.0 Å². The molecule has 0 bridgehead atoms. The lowest BCUT2D eigenvalue weighted by atomic mass is 10.1.